The van der Waals surface area contributed by atoms with Gasteiger partial charge in [-0.3, -0.25) is 9.59 Å². The van der Waals surface area contributed by atoms with E-state index in [2.05, 4.69) is 10.6 Å². The fourth-order valence-electron chi connectivity index (χ4n) is 2.88. The first-order valence-corrected chi connectivity index (χ1v) is 10.7. The van der Waals surface area contributed by atoms with Crippen molar-refractivity contribution in [2.45, 2.75) is 31.3 Å². The molecule has 30 heavy (non-hydrogen) atoms. The number of fused-ring (bicyclic) bond motifs is 1. The zero-order valence-electron chi connectivity index (χ0n) is 17.4. The van der Waals surface area contributed by atoms with Gasteiger partial charge in [-0.25, -0.2) is 0 Å². The topological polar surface area (TPSA) is 76.7 Å². The molecule has 0 fully saturated rings. The largest absolute Gasteiger partial charge is 0.497 e. The molecule has 3 rings (SSSR count). The lowest BCUT2D eigenvalue weighted by Crippen LogP contribution is -2.26. The molecule has 0 spiro atoms. The van der Waals surface area contributed by atoms with E-state index >= 15 is 0 Å². The molecule has 0 aromatic heterocycles. The fraction of sp³-hybridized carbons (Fsp3) is 0.304. The number of rotatable bonds is 8. The van der Waals surface area contributed by atoms with Crippen molar-refractivity contribution in [3.63, 3.8) is 0 Å². The highest BCUT2D eigenvalue weighted by Crippen LogP contribution is 2.39. The third-order valence-electron chi connectivity index (χ3n) is 4.38. The third-order valence-corrected chi connectivity index (χ3v) is 5.48. The molecule has 0 saturated carbocycles. The molecular formula is C23H26N2O4S. The van der Waals surface area contributed by atoms with Gasteiger partial charge < -0.3 is 20.1 Å². The van der Waals surface area contributed by atoms with Crippen LogP contribution in [0.15, 0.2) is 52.3 Å². The van der Waals surface area contributed by atoms with Crippen LogP contribution in [0.2, 0.25) is 0 Å². The third kappa shape index (κ3) is 5.87. The highest BCUT2D eigenvalue weighted by molar-refractivity contribution is 8.04. The maximum atomic E-state index is 12.5. The molecule has 2 aromatic rings. The number of benzene rings is 2. The van der Waals surface area contributed by atoms with Crippen LogP contribution in [0.25, 0.3) is 6.08 Å². The van der Waals surface area contributed by atoms with Crippen LogP contribution in [0.1, 0.15) is 36.2 Å². The maximum absolute atomic E-state index is 12.5. The number of thioether (sulfide) groups is 1. The summed E-state index contributed by atoms with van der Waals surface area (Å²) in [5.74, 6) is 0.371. The SMILES string of the molecule is COc1cccc(/C=C2/Sc3ccc(C(=O)NCCCOC(C)C)cc3NC2=O)c1. The van der Waals surface area contributed by atoms with E-state index in [1.54, 1.807) is 19.2 Å². The number of anilines is 1. The Morgan fingerprint density at radius 2 is 2.07 bits per heavy atom. The van der Waals surface area contributed by atoms with E-state index in [1.165, 1.54) is 11.8 Å². The molecule has 0 unspecified atom stereocenters. The summed E-state index contributed by atoms with van der Waals surface area (Å²) >= 11 is 1.38. The number of methoxy groups -OCH3 is 1. The maximum Gasteiger partial charge on any atom is 0.262 e. The summed E-state index contributed by atoms with van der Waals surface area (Å²) in [6.45, 7) is 5.11. The minimum atomic E-state index is -0.196. The summed E-state index contributed by atoms with van der Waals surface area (Å²) in [6.07, 6.45) is 2.76. The molecule has 0 radical (unpaired) electrons. The summed E-state index contributed by atoms with van der Waals surface area (Å²) in [7, 11) is 1.61. The predicted octanol–water partition coefficient (Wildman–Crippen LogP) is 4.33. The van der Waals surface area contributed by atoms with Crippen molar-refractivity contribution in [3.05, 3.63) is 58.5 Å². The van der Waals surface area contributed by atoms with Crippen molar-refractivity contribution in [1.29, 1.82) is 0 Å². The summed E-state index contributed by atoms with van der Waals surface area (Å²) in [5, 5.41) is 5.76. The molecule has 0 aliphatic carbocycles. The second kappa shape index (κ2) is 10.3. The lowest BCUT2D eigenvalue weighted by atomic mass is 10.1. The van der Waals surface area contributed by atoms with Crippen molar-refractivity contribution >= 4 is 35.3 Å². The number of carbonyl (C=O) groups excluding carboxylic acids is 2. The van der Waals surface area contributed by atoms with E-state index < -0.39 is 0 Å². The quantitative estimate of drug-likeness (QED) is 0.485. The van der Waals surface area contributed by atoms with Gasteiger partial charge >= 0.3 is 0 Å². The molecule has 2 amide bonds. The summed E-state index contributed by atoms with van der Waals surface area (Å²) in [5.41, 5.74) is 2.04. The van der Waals surface area contributed by atoms with Crippen molar-refractivity contribution in [3.8, 4) is 5.75 Å². The molecule has 6 nitrogen and oxygen atoms in total. The molecule has 1 aliphatic rings. The van der Waals surface area contributed by atoms with Crippen molar-refractivity contribution in [2.24, 2.45) is 0 Å². The minimum Gasteiger partial charge on any atom is -0.497 e. The van der Waals surface area contributed by atoms with Crippen LogP contribution in [0.5, 0.6) is 5.75 Å². The van der Waals surface area contributed by atoms with Crippen LogP contribution in [0, 0.1) is 0 Å². The van der Waals surface area contributed by atoms with Crippen LogP contribution in [0.4, 0.5) is 5.69 Å². The Labute approximate surface area is 181 Å². The first-order chi connectivity index (χ1) is 14.5. The fourth-order valence-corrected chi connectivity index (χ4v) is 3.81. The first-order valence-electron chi connectivity index (χ1n) is 9.85. The Morgan fingerprint density at radius 3 is 2.83 bits per heavy atom. The van der Waals surface area contributed by atoms with E-state index in [0.717, 1.165) is 22.6 Å². The average Bonchev–Trinajstić information content (AvgIpc) is 2.73. The Bertz CT molecular complexity index is 956. The number of hydrogen-bond acceptors (Lipinski definition) is 5. The number of hydrogen-bond donors (Lipinski definition) is 2. The average molecular weight is 427 g/mol. The van der Waals surface area contributed by atoms with Crippen LogP contribution >= 0.6 is 11.8 Å². The van der Waals surface area contributed by atoms with E-state index in [1.807, 2.05) is 50.3 Å². The highest BCUT2D eigenvalue weighted by atomic mass is 32.2. The van der Waals surface area contributed by atoms with E-state index in [0.29, 0.717) is 29.3 Å². The molecule has 1 aliphatic heterocycles. The number of carbonyl (C=O) groups is 2. The van der Waals surface area contributed by atoms with Crippen LogP contribution in [-0.2, 0) is 9.53 Å². The van der Waals surface area contributed by atoms with Gasteiger partial charge in [-0.2, -0.15) is 0 Å². The molecular weight excluding hydrogens is 400 g/mol. The van der Waals surface area contributed by atoms with E-state index in [-0.39, 0.29) is 17.9 Å². The second-order valence-electron chi connectivity index (χ2n) is 7.08. The Balaban J connectivity index is 1.65. The predicted molar refractivity (Wildman–Crippen MR) is 120 cm³/mol. The van der Waals surface area contributed by atoms with E-state index in [9.17, 15) is 9.59 Å². The van der Waals surface area contributed by atoms with Gasteiger partial charge in [-0.15, -0.1) is 0 Å². The van der Waals surface area contributed by atoms with Gasteiger partial charge in [0.2, 0.25) is 0 Å². The molecule has 1 heterocycles. The van der Waals surface area contributed by atoms with Gasteiger partial charge in [0, 0.05) is 23.6 Å². The molecule has 0 bridgehead atoms. The van der Waals surface area contributed by atoms with Crippen molar-refractivity contribution in [1.82, 2.24) is 5.32 Å². The number of ether oxygens (including phenoxy) is 2. The first kappa shape index (κ1) is 21.9. The number of amides is 2. The standard InChI is InChI=1S/C23H26N2O4S/c1-15(2)29-11-5-10-24-22(26)17-8-9-20-19(14-17)25-23(27)21(30-20)13-16-6-4-7-18(12-16)28-3/h4,6-9,12-15H,5,10-11H2,1-3H3,(H,24,26)(H,25,27)/b21-13+. The molecule has 0 atom stereocenters. The monoisotopic (exact) mass is 426 g/mol. The lowest BCUT2D eigenvalue weighted by Gasteiger charge is -2.19. The van der Waals surface area contributed by atoms with Crippen LogP contribution < -0.4 is 15.4 Å². The lowest BCUT2D eigenvalue weighted by molar-refractivity contribution is -0.112. The van der Waals surface area contributed by atoms with Gasteiger partial charge in [0.1, 0.15) is 5.75 Å². The van der Waals surface area contributed by atoms with Gasteiger partial charge in [-0.1, -0.05) is 23.9 Å². The Hall–Kier alpha value is -2.77. The normalized spacial score (nSPS) is 14.4. The van der Waals surface area contributed by atoms with Crippen molar-refractivity contribution < 1.29 is 19.1 Å². The summed E-state index contributed by atoms with van der Waals surface area (Å²) in [6, 6.07) is 12.9. The van der Waals surface area contributed by atoms with Gasteiger partial charge in [-0.05, 0) is 62.2 Å². The van der Waals surface area contributed by atoms with Crippen LogP contribution in [0.3, 0.4) is 0 Å². The minimum absolute atomic E-state index is 0.167. The van der Waals surface area contributed by atoms with Gasteiger partial charge in [0.15, 0.2) is 0 Å². The van der Waals surface area contributed by atoms with Crippen LogP contribution in [-0.4, -0.2) is 38.2 Å². The summed E-state index contributed by atoms with van der Waals surface area (Å²) < 4.78 is 10.7. The summed E-state index contributed by atoms with van der Waals surface area (Å²) in [4.78, 5) is 26.4. The molecule has 2 aromatic carbocycles. The highest BCUT2D eigenvalue weighted by Gasteiger charge is 2.22. The smallest absolute Gasteiger partial charge is 0.262 e. The Kier molecular flexibility index (Phi) is 7.54. The van der Waals surface area contributed by atoms with Gasteiger partial charge in [0.05, 0.1) is 23.8 Å². The molecule has 2 N–H and O–H groups in total. The number of nitrogens with one attached hydrogen (secondary N) is 2. The molecule has 158 valence electrons. The van der Waals surface area contributed by atoms with E-state index in [4.69, 9.17) is 9.47 Å². The molecule has 0 saturated heterocycles. The zero-order chi connectivity index (χ0) is 21.5. The van der Waals surface area contributed by atoms with Crippen molar-refractivity contribution in [2.75, 3.05) is 25.6 Å². The van der Waals surface area contributed by atoms with Gasteiger partial charge in [0.25, 0.3) is 11.8 Å². The Morgan fingerprint density at radius 1 is 1.23 bits per heavy atom. The second-order valence-corrected chi connectivity index (χ2v) is 8.17. The molecule has 7 heteroatoms. The zero-order valence-corrected chi connectivity index (χ0v) is 18.2.